The number of amides is 1. The minimum atomic E-state index is -0.823. The number of hydrogen-bond acceptors (Lipinski definition) is 5. The summed E-state index contributed by atoms with van der Waals surface area (Å²) < 4.78 is 6.40. The minimum absolute atomic E-state index is 0.0436. The van der Waals surface area contributed by atoms with Gasteiger partial charge in [-0.2, -0.15) is 0 Å². The van der Waals surface area contributed by atoms with Crippen LogP contribution in [0.3, 0.4) is 0 Å². The predicted molar refractivity (Wildman–Crippen MR) is 193 cm³/mol. The maximum absolute atomic E-state index is 13.9. The first-order chi connectivity index (χ1) is 23.2. The third-order valence-corrected chi connectivity index (χ3v) is 17.4. The lowest BCUT2D eigenvalue weighted by molar-refractivity contribution is -0.236. The van der Waals surface area contributed by atoms with E-state index < -0.39 is 17.3 Å². The summed E-state index contributed by atoms with van der Waals surface area (Å²) in [4.78, 5) is 52.7. The fourth-order valence-electron chi connectivity index (χ4n) is 14.1. The van der Waals surface area contributed by atoms with Crippen LogP contribution in [0.25, 0.3) is 0 Å². The number of allylic oxidation sites excluding steroid dienone is 2. The molecule has 0 bridgehead atoms. The van der Waals surface area contributed by atoms with Crippen molar-refractivity contribution in [1.29, 1.82) is 0 Å². The molecule has 0 aromatic heterocycles. The molecule has 7 heteroatoms. The van der Waals surface area contributed by atoms with Gasteiger partial charge in [0.1, 0.15) is 6.10 Å². The Morgan fingerprint density at radius 3 is 2.14 bits per heavy atom. The summed E-state index contributed by atoms with van der Waals surface area (Å²) in [7, 11) is 0. The average Bonchev–Trinajstić information content (AvgIpc) is 3.78. The zero-order valence-electron chi connectivity index (χ0n) is 32.5. The number of carbonyl (C=O) groups is 4. The molecule has 50 heavy (non-hydrogen) atoms. The second-order valence-corrected chi connectivity index (χ2v) is 20.7. The van der Waals surface area contributed by atoms with Crippen molar-refractivity contribution >= 4 is 23.6 Å². The van der Waals surface area contributed by atoms with Crippen LogP contribution in [0.1, 0.15) is 146 Å². The lowest BCUT2D eigenvalue weighted by atomic mass is 9.33. The van der Waals surface area contributed by atoms with E-state index in [1.807, 2.05) is 13.8 Å². The third kappa shape index (κ3) is 5.06. The number of ether oxygens (including phenoxy) is 1. The summed E-state index contributed by atoms with van der Waals surface area (Å²) in [6.07, 6.45) is 11.8. The monoisotopic (exact) mass is 691 g/mol. The molecule has 7 rings (SSSR count). The number of carboxylic acids is 1. The van der Waals surface area contributed by atoms with E-state index in [-0.39, 0.29) is 62.7 Å². The van der Waals surface area contributed by atoms with E-state index in [9.17, 15) is 24.3 Å². The summed E-state index contributed by atoms with van der Waals surface area (Å²) >= 11 is 0. The molecule has 7 aliphatic rings. The summed E-state index contributed by atoms with van der Waals surface area (Å²) in [5.74, 6) is 0.579. The summed E-state index contributed by atoms with van der Waals surface area (Å²) in [6, 6.07) is 0. The molecule has 0 aliphatic heterocycles. The Morgan fingerprint density at radius 1 is 0.820 bits per heavy atom. The number of esters is 1. The number of fused-ring (bicyclic) bond motifs is 7. The fourth-order valence-corrected chi connectivity index (χ4v) is 14.1. The molecular weight excluding hydrogens is 626 g/mol. The van der Waals surface area contributed by atoms with E-state index in [4.69, 9.17) is 4.74 Å². The Hall–Kier alpha value is -2.18. The van der Waals surface area contributed by atoms with Gasteiger partial charge in [-0.3, -0.25) is 19.2 Å². The van der Waals surface area contributed by atoms with Crippen LogP contribution in [0.15, 0.2) is 11.1 Å². The van der Waals surface area contributed by atoms with Gasteiger partial charge in [0.05, 0.1) is 11.8 Å². The third-order valence-electron chi connectivity index (χ3n) is 17.4. The van der Waals surface area contributed by atoms with Gasteiger partial charge in [0.15, 0.2) is 5.78 Å². The van der Waals surface area contributed by atoms with E-state index >= 15 is 0 Å². The Kier molecular flexibility index (Phi) is 8.44. The molecule has 6 fully saturated rings. The zero-order chi connectivity index (χ0) is 36.4. The molecule has 7 nitrogen and oxygen atoms in total. The van der Waals surface area contributed by atoms with E-state index in [1.54, 1.807) is 0 Å². The van der Waals surface area contributed by atoms with Crippen molar-refractivity contribution in [3.05, 3.63) is 11.1 Å². The highest BCUT2D eigenvalue weighted by atomic mass is 16.5. The van der Waals surface area contributed by atoms with Gasteiger partial charge in [0, 0.05) is 30.2 Å². The molecule has 0 unspecified atom stereocenters. The quantitative estimate of drug-likeness (QED) is 0.247. The van der Waals surface area contributed by atoms with Crippen LogP contribution in [0.4, 0.5) is 0 Å². The highest BCUT2D eigenvalue weighted by molar-refractivity contribution is 6.01. The Morgan fingerprint density at radius 2 is 1.52 bits per heavy atom. The predicted octanol–water partition coefficient (Wildman–Crippen LogP) is 8.54. The number of carbonyl (C=O) groups excluding carboxylic acids is 3. The summed E-state index contributed by atoms with van der Waals surface area (Å²) in [6.45, 7) is 21.3. The Bertz CT molecular complexity index is 1500. The number of aliphatic carboxylic acids is 1. The Balaban J connectivity index is 1.14. The van der Waals surface area contributed by atoms with Crippen molar-refractivity contribution in [3.63, 3.8) is 0 Å². The maximum atomic E-state index is 13.9. The van der Waals surface area contributed by atoms with Crippen molar-refractivity contribution in [1.82, 2.24) is 5.32 Å². The molecule has 0 radical (unpaired) electrons. The number of Topliss-reactive ketones (excluding diaryl/α,β-unsaturated/α-hetero) is 1. The molecule has 278 valence electrons. The molecule has 0 aromatic carbocycles. The van der Waals surface area contributed by atoms with Crippen LogP contribution < -0.4 is 5.32 Å². The molecule has 2 N–H and O–H groups in total. The molecule has 0 spiro atoms. The number of hydrogen-bond donors (Lipinski definition) is 2. The van der Waals surface area contributed by atoms with Crippen LogP contribution in [0, 0.1) is 73.9 Å². The summed E-state index contributed by atoms with van der Waals surface area (Å²) in [5, 5.41) is 12.9. The number of carboxylic acid groups (broad SMARTS) is 1. The van der Waals surface area contributed by atoms with Gasteiger partial charge < -0.3 is 15.2 Å². The van der Waals surface area contributed by atoms with Crippen molar-refractivity contribution in [2.75, 3.05) is 6.54 Å². The van der Waals surface area contributed by atoms with E-state index in [1.165, 1.54) is 18.4 Å². The Labute approximate surface area is 300 Å². The highest BCUT2D eigenvalue weighted by Crippen LogP contribution is 2.77. The first-order valence-electron chi connectivity index (χ1n) is 20.2. The first-order valence-corrected chi connectivity index (χ1v) is 20.2. The van der Waals surface area contributed by atoms with E-state index in [0.717, 1.165) is 63.5 Å². The average molecular weight is 692 g/mol. The molecular formula is C43H65NO6. The first kappa shape index (κ1) is 36.2. The molecule has 10 atom stereocenters. The second kappa shape index (κ2) is 11.7. The normalized spacial score (nSPS) is 44.3. The van der Waals surface area contributed by atoms with E-state index in [0.29, 0.717) is 42.9 Å². The zero-order valence-corrected chi connectivity index (χ0v) is 32.5. The van der Waals surface area contributed by atoms with Crippen molar-refractivity contribution in [2.24, 2.45) is 73.9 Å². The van der Waals surface area contributed by atoms with Gasteiger partial charge in [0.2, 0.25) is 5.91 Å². The summed E-state index contributed by atoms with van der Waals surface area (Å²) in [5.41, 5.74) is 1.56. The minimum Gasteiger partial charge on any atom is -0.481 e. The molecule has 0 aromatic rings. The van der Waals surface area contributed by atoms with Crippen LogP contribution in [0.5, 0.6) is 0 Å². The van der Waals surface area contributed by atoms with Crippen LogP contribution in [-0.4, -0.2) is 41.4 Å². The smallest absolute Gasteiger partial charge is 0.309 e. The lowest BCUT2D eigenvalue weighted by Gasteiger charge is -2.72. The lowest BCUT2D eigenvalue weighted by Crippen LogP contribution is -2.66. The molecule has 7 aliphatic carbocycles. The molecule has 6 saturated carbocycles. The molecule has 0 heterocycles. The number of ketones is 1. The van der Waals surface area contributed by atoms with E-state index in [2.05, 4.69) is 53.8 Å². The maximum Gasteiger partial charge on any atom is 0.309 e. The van der Waals surface area contributed by atoms with Gasteiger partial charge in [-0.15, -0.1) is 0 Å². The van der Waals surface area contributed by atoms with Crippen LogP contribution in [0.2, 0.25) is 0 Å². The van der Waals surface area contributed by atoms with Crippen molar-refractivity contribution < 1.29 is 29.0 Å². The van der Waals surface area contributed by atoms with Crippen molar-refractivity contribution in [3.8, 4) is 0 Å². The SMILES string of the molecule is CC(C)C1=C2[C@H]3CC[C@@H]4[C@@]5(C)CC[C@H](OC(=O)[C@H]6C[C@@H](C(=O)O)C6(C)C)C(C)(C)[C@@H]5CC[C@@]4(C)[C@]3(C)CC[C@@]2(CC(=O)NCC2CC2)CC1=O. The molecule has 0 saturated heterocycles. The van der Waals surface area contributed by atoms with Gasteiger partial charge in [0.25, 0.3) is 0 Å². The largest absolute Gasteiger partial charge is 0.481 e. The topological polar surface area (TPSA) is 110 Å². The number of rotatable bonds is 8. The second-order valence-electron chi connectivity index (χ2n) is 20.7. The highest BCUT2D eigenvalue weighted by Gasteiger charge is 2.70. The van der Waals surface area contributed by atoms with Gasteiger partial charge in [-0.1, -0.05) is 67.9 Å². The van der Waals surface area contributed by atoms with Crippen molar-refractivity contribution in [2.45, 2.75) is 152 Å². The van der Waals surface area contributed by atoms with Crippen LogP contribution in [-0.2, 0) is 23.9 Å². The fraction of sp³-hybridized carbons (Fsp3) is 0.860. The number of nitrogens with one attached hydrogen (secondary N) is 1. The van der Waals surface area contributed by atoms with Gasteiger partial charge in [-0.05, 0) is 127 Å². The van der Waals surface area contributed by atoms with Gasteiger partial charge in [-0.25, -0.2) is 0 Å². The molecule has 1 amide bonds. The standard InChI is InChI=1S/C43H65NO6/c1-24(2)34-29(45)21-43(22-33(46)44-23-25-10-11-25)19-18-41(8)26(35(34)43)12-13-31-40(7)16-15-32(39(5,6)30(40)14-17-42(31,41)9)50-37(49)28-20-27(36(47)48)38(28,3)4/h24-28,30-32H,10-23H2,1-9H3,(H,44,46)(H,47,48)/t26-,27+,28-,30+,31-,32+,40+,41-,42-,43+/m1/s1. The van der Waals surface area contributed by atoms with Crippen LogP contribution >= 0.6 is 0 Å². The van der Waals surface area contributed by atoms with Gasteiger partial charge >= 0.3 is 11.9 Å².